The van der Waals surface area contributed by atoms with Gasteiger partial charge in [0.1, 0.15) is 17.4 Å². The minimum absolute atomic E-state index is 0.198. The number of carbonyl (C=O) groups excluding carboxylic acids is 3. The quantitative estimate of drug-likeness (QED) is 0.216. The van der Waals surface area contributed by atoms with Crippen LogP contribution in [0.3, 0.4) is 0 Å². The number of alkyl halides is 3. The van der Waals surface area contributed by atoms with E-state index in [0.29, 0.717) is 23.5 Å². The molecule has 288 valence electrons. The number of amides is 3. The van der Waals surface area contributed by atoms with E-state index in [0.717, 1.165) is 92.1 Å². The van der Waals surface area contributed by atoms with Gasteiger partial charge in [0.25, 0.3) is 5.91 Å². The first-order valence-corrected chi connectivity index (χ1v) is 18.7. The normalized spacial score (nSPS) is 21.3. The Morgan fingerprint density at radius 1 is 0.964 bits per heavy atom. The van der Waals surface area contributed by atoms with Crippen molar-refractivity contribution in [1.29, 1.82) is 0 Å². The summed E-state index contributed by atoms with van der Waals surface area (Å²) < 4.78 is 44.6. The number of para-hydroxylation sites is 1. The van der Waals surface area contributed by atoms with Gasteiger partial charge < -0.3 is 10.2 Å². The fourth-order valence-corrected chi connectivity index (χ4v) is 8.45. The van der Waals surface area contributed by atoms with Crippen molar-refractivity contribution in [3.05, 3.63) is 82.2 Å². The number of fused-ring (bicyclic) bond motifs is 2. The lowest BCUT2D eigenvalue weighted by molar-refractivity contribution is -0.141. The molecule has 16 heteroatoms. The number of piperazine rings is 1. The maximum Gasteiger partial charge on any atom is 0.433 e. The topological polar surface area (TPSA) is 139 Å². The zero-order chi connectivity index (χ0) is 38.6. The minimum Gasteiger partial charge on any atom is -0.367 e. The predicted molar refractivity (Wildman–Crippen MR) is 200 cm³/mol. The summed E-state index contributed by atoms with van der Waals surface area (Å²) in [5, 5.41) is 10.8. The Morgan fingerprint density at radius 2 is 1.71 bits per heavy atom. The van der Waals surface area contributed by atoms with Crippen LogP contribution in [0.2, 0.25) is 0 Å². The van der Waals surface area contributed by atoms with Gasteiger partial charge in [-0.25, -0.2) is 9.78 Å². The lowest BCUT2D eigenvalue weighted by Crippen LogP contribution is -2.48. The molecule has 3 aliphatic rings. The summed E-state index contributed by atoms with van der Waals surface area (Å²) in [6, 6.07) is 12.3. The highest BCUT2D eigenvalue weighted by atomic mass is 19.4. The average Bonchev–Trinajstić information content (AvgIpc) is 3.69. The van der Waals surface area contributed by atoms with E-state index in [1.54, 1.807) is 17.7 Å². The first-order valence-electron chi connectivity index (χ1n) is 18.7. The molecule has 3 fully saturated rings. The van der Waals surface area contributed by atoms with Crippen LogP contribution in [0.15, 0.2) is 59.5 Å². The number of aromatic nitrogens is 5. The van der Waals surface area contributed by atoms with Crippen molar-refractivity contribution in [1.82, 2.24) is 34.1 Å². The van der Waals surface area contributed by atoms with E-state index < -0.39 is 29.7 Å². The van der Waals surface area contributed by atoms with Crippen LogP contribution in [0.1, 0.15) is 72.4 Å². The van der Waals surface area contributed by atoms with Gasteiger partial charge in [0.2, 0.25) is 11.8 Å². The molecular formula is C39H42F3N9O4. The minimum atomic E-state index is -4.65. The highest BCUT2D eigenvalue weighted by Crippen LogP contribution is 2.35. The van der Waals surface area contributed by atoms with E-state index in [9.17, 15) is 32.3 Å². The third-order valence-corrected chi connectivity index (χ3v) is 11.4. The van der Waals surface area contributed by atoms with Gasteiger partial charge >= 0.3 is 11.9 Å². The average molecular weight is 758 g/mol. The lowest BCUT2D eigenvalue weighted by Gasteiger charge is -2.39. The summed E-state index contributed by atoms with van der Waals surface area (Å²) in [4.78, 5) is 59.0. The number of imidazole rings is 1. The van der Waals surface area contributed by atoms with Crippen LogP contribution in [-0.2, 0) is 22.8 Å². The standard InChI is InChI=1S/C39H42F3N9O4/c1-23-19-29-25(20-28(23)44-36(53)27-5-3-8-33(43-27)39(40,41)42)22-50(46-29)26-11-9-24(10-12-26)21-48-15-17-49(18-16-48)30-6-4-7-31-35(30)47(2)38(55)51(31)32-13-14-34(52)45-37(32)54/h3-8,19-20,22,24,26,32H,9-18,21H2,1-2H3,(H,44,53)(H,45,52,54)/t24?,26?,32-/m0/s1. The molecule has 8 rings (SSSR count). The first-order chi connectivity index (χ1) is 26.3. The summed E-state index contributed by atoms with van der Waals surface area (Å²) in [5.74, 6) is -0.909. The molecule has 1 aliphatic carbocycles. The number of carbonyl (C=O) groups is 3. The number of benzene rings is 2. The summed E-state index contributed by atoms with van der Waals surface area (Å²) in [5.41, 5.74) is 2.77. The number of pyridine rings is 1. The van der Waals surface area contributed by atoms with Crippen LogP contribution < -0.4 is 21.2 Å². The van der Waals surface area contributed by atoms with Gasteiger partial charge in [-0.15, -0.1) is 0 Å². The van der Waals surface area contributed by atoms with Crippen LogP contribution in [0.5, 0.6) is 0 Å². The molecule has 1 atom stereocenters. The molecule has 2 aromatic carbocycles. The van der Waals surface area contributed by atoms with Crippen LogP contribution >= 0.6 is 0 Å². The van der Waals surface area contributed by atoms with Gasteiger partial charge in [0, 0.05) is 63.5 Å². The fraction of sp³-hybridized carbons (Fsp3) is 0.436. The second-order valence-electron chi connectivity index (χ2n) is 15.0. The zero-order valence-electron chi connectivity index (χ0n) is 30.6. The highest BCUT2D eigenvalue weighted by molar-refractivity contribution is 6.04. The van der Waals surface area contributed by atoms with E-state index in [4.69, 9.17) is 5.10 Å². The zero-order valence-corrected chi connectivity index (χ0v) is 30.6. The second kappa shape index (κ2) is 14.3. The van der Waals surface area contributed by atoms with Gasteiger partial charge in [-0.1, -0.05) is 12.1 Å². The number of nitrogens with one attached hydrogen (secondary N) is 2. The van der Waals surface area contributed by atoms with E-state index in [2.05, 4.69) is 25.4 Å². The molecule has 1 saturated carbocycles. The molecule has 0 radical (unpaired) electrons. The van der Waals surface area contributed by atoms with Crippen molar-refractivity contribution in [3.63, 3.8) is 0 Å². The molecule has 3 amide bonds. The highest BCUT2D eigenvalue weighted by Gasteiger charge is 2.34. The van der Waals surface area contributed by atoms with Crippen molar-refractivity contribution in [3.8, 4) is 0 Å². The molecule has 55 heavy (non-hydrogen) atoms. The molecule has 3 aromatic heterocycles. The van der Waals surface area contributed by atoms with Crippen LogP contribution in [0, 0.1) is 12.8 Å². The monoisotopic (exact) mass is 757 g/mol. The fourth-order valence-electron chi connectivity index (χ4n) is 8.45. The summed E-state index contributed by atoms with van der Waals surface area (Å²) >= 11 is 0. The Balaban J connectivity index is 0.868. The summed E-state index contributed by atoms with van der Waals surface area (Å²) in [6.07, 6.45) is 1.94. The van der Waals surface area contributed by atoms with Crippen molar-refractivity contribution in [2.75, 3.05) is 42.9 Å². The van der Waals surface area contributed by atoms with Crippen molar-refractivity contribution in [2.24, 2.45) is 13.0 Å². The number of halogens is 3. The molecule has 2 N–H and O–H groups in total. The van der Waals surface area contributed by atoms with Gasteiger partial charge in [-0.2, -0.15) is 18.3 Å². The van der Waals surface area contributed by atoms with Crippen molar-refractivity contribution >= 4 is 51.0 Å². The third-order valence-electron chi connectivity index (χ3n) is 11.4. The molecule has 0 spiro atoms. The molecule has 0 unspecified atom stereocenters. The maximum atomic E-state index is 13.4. The molecule has 5 aromatic rings. The van der Waals surface area contributed by atoms with E-state index in [-0.39, 0.29) is 29.8 Å². The predicted octanol–water partition coefficient (Wildman–Crippen LogP) is 5.20. The van der Waals surface area contributed by atoms with Gasteiger partial charge in [-0.3, -0.25) is 38.4 Å². The van der Waals surface area contributed by atoms with Crippen molar-refractivity contribution < 1.29 is 27.6 Å². The van der Waals surface area contributed by atoms with E-state index in [1.807, 2.05) is 42.1 Å². The largest absolute Gasteiger partial charge is 0.433 e. The van der Waals surface area contributed by atoms with Gasteiger partial charge in [-0.05, 0) is 86.9 Å². The number of hydrogen-bond acceptors (Lipinski definition) is 8. The summed E-state index contributed by atoms with van der Waals surface area (Å²) in [6.45, 7) is 6.24. The molecular weight excluding hydrogens is 715 g/mol. The van der Waals surface area contributed by atoms with Crippen LogP contribution in [0.25, 0.3) is 21.9 Å². The molecule has 13 nitrogen and oxygen atoms in total. The van der Waals surface area contributed by atoms with Crippen molar-refractivity contribution in [2.45, 2.75) is 63.7 Å². The molecule has 2 aliphatic heterocycles. The smallest absolute Gasteiger partial charge is 0.367 e. The molecule has 0 bridgehead atoms. The number of aryl methyl sites for hydroxylation is 2. The van der Waals surface area contributed by atoms with Crippen LogP contribution in [0.4, 0.5) is 24.5 Å². The Labute approximate surface area is 314 Å². The first kappa shape index (κ1) is 36.5. The number of anilines is 2. The Morgan fingerprint density at radius 3 is 2.44 bits per heavy atom. The van der Waals surface area contributed by atoms with Gasteiger partial charge in [0.15, 0.2) is 0 Å². The molecule has 2 saturated heterocycles. The third kappa shape index (κ3) is 7.10. The van der Waals surface area contributed by atoms with E-state index in [1.165, 1.54) is 16.7 Å². The number of nitrogens with zero attached hydrogens (tertiary/aromatic N) is 7. The number of imide groups is 1. The lowest BCUT2D eigenvalue weighted by atomic mass is 9.85. The van der Waals surface area contributed by atoms with Gasteiger partial charge in [0.05, 0.1) is 28.3 Å². The number of rotatable bonds is 7. The maximum absolute atomic E-state index is 13.4. The Hall–Kier alpha value is -5.51. The summed E-state index contributed by atoms with van der Waals surface area (Å²) in [7, 11) is 1.73. The SMILES string of the molecule is Cc1cc2nn(C3CCC(CN4CCN(c5cccc6c5n(C)c(=O)n6[C@H]5CCC(=O)NC5=O)CC4)CC3)cc2cc1NC(=O)c1cccc(C(F)(F)F)n1. The molecule has 5 heterocycles. The Kier molecular flexibility index (Phi) is 9.47. The second-order valence-corrected chi connectivity index (χ2v) is 15.0. The Bertz CT molecular complexity index is 2370. The van der Waals surface area contributed by atoms with E-state index >= 15 is 0 Å². The number of hydrogen-bond donors (Lipinski definition) is 2. The number of piperidine rings is 1. The van der Waals surface area contributed by atoms with Crippen LogP contribution in [-0.4, -0.2) is 79.2 Å².